The Morgan fingerprint density at radius 1 is 1.41 bits per heavy atom. The summed E-state index contributed by atoms with van der Waals surface area (Å²) in [5.41, 5.74) is 1.09. The molecule has 0 radical (unpaired) electrons. The third-order valence-electron chi connectivity index (χ3n) is 3.02. The Bertz CT molecular complexity index is 427. The lowest BCUT2D eigenvalue weighted by Gasteiger charge is -2.34. The summed E-state index contributed by atoms with van der Waals surface area (Å²) >= 11 is 0. The van der Waals surface area contributed by atoms with Crippen molar-refractivity contribution in [3.05, 3.63) is 24.0 Å². The second-order valence-corrected chi connectivity index (χ2v) is 4.79. The van der Waals surface area contributed by atoms with Crippen molar-refractivity contribution in [3.8, 4) is 0 Å². The average Bonchev–Trinajstić information content (AvgIpc) is 2.20. The Hall–Kier alpha value is -1.58. The molecule has 0 aromatic heterocycles. The van der Waals surface area contributed by atoms with Gasteiger partial charge in [-0.2, -0.15) is 0 Å². The van der Waals surface area contributed by atoms with Crippen LogP contribution in [0.25, 0.3) is 0 Å². The van der Waals surface area contributed by atoms with Gasteiger partial charge in [0, 0.05) is 18.7 Å². The Morgan fingerprint density at radius 3 is 2.71 bits per heavy atom. The van der Waals surface area contributed by atoms with Crippen LogP contribution in [0.3, 0.4) is 0 Å². The van der Waals surface area contributed by atoms with Crippen LogP contribution < -0.4 is 10.6 Å². The highest BCUT2D eigenvalue weighted by molar-refractivity contribution is 5.89. The van der Waals surface area contributed by atoms with Crippen LogP contribution in [-0.4, -0.2) is 11.9 Å². The summed E-state index contributed by atoms with van der Waals surface area (Å²) in [5.74, 6) is 0.285. The molecule has 1 aliphatic carbocycles. The lowest BCUT2D eigenvalue weighted by atomic mass is 9.82. The molecule has 0 heterocycles. The van der Waals surface area contributed by atoms with E-state index >= 15 is 0 Å². The van der Waals surface area contributed by atoms with E-state index < -0.39 is 0 Å². The molecule has 17 heavy (non-hydrogen) atoms. The molecule has 3 nitrogen and oxygen atoms in total. The van der Waals surface area contributed by atoms with Crippen LogP contribution in [0.2, 0.25) is 0 Å². The highest BCUT2D eigenvalue weighted by Crippen LogP contribution is 2.31. The second kappa shape index (κ2) is 4.73. The van der Waals surface area contributed by atoms with Gasteiger partial charge in [0.2, 0.25) is 5.91 Å². The lowest BCUT2D eigenvalue weighted by Crippen LogP contribution is -2.34. The molecule has 4 heteroatoms. The van der Waals surface area contributed by atoms with Crippen LogP contribution in [0.1, 0.15) is 26.7 Å². The molecule has 0 saturated heterocycles. The number of hydrogen-bond donors (Lipinski definition) is 2. The van der Waals surface area contributed by atoms with Crippen molar-refractivity contribution in [2.24, 2.45) is 5.92 Å². The number of nitrogens with one attached hydrogen (secondary N) is 2. The van der Waals surface area contributed by atoms with Gasteiger partial charge < -0.3 is 10.6 Å². The molecular weight excluding hydrogens is 219 g/mol. The van der Waals surface area contributed by atoms with Gasteiger partial charge in [-0.05, 0) is 37.0 Å². The summed E-state index contributed by atoms with van der Waals surface area (Å²) in [4.78, 5) is 10.9. The number of hydrogen-bond acceptors (Lipinski definition) is 2. The second-order valence-electron chi connectivity index (χ2n) is 4.79. The predicted octanol–water partition coefficient (Wildman–Crippen LogP) is 2.99. The minimum absolute atomic E-state index is 0.153. The van der Waals surface area contributed by atoms with Crippen LogP contribution in [0, 0.1) is 11.7 Å². The Kier molecular flexibility index (Phi) is 3.31. The topological polar surface area (TPSA) is 41.1 Å². The first kappa shape index (κ1) is 11.9. The quantitative estimate of drug-likeness (QED) is 0.847. The Morgan fingerprint density at radius 2 is 2.12 bits per heavy atom. The van der Waals surface area contributed by atoms with Crippen LogP contribution >= 0.6 is 0 Å². The first-order valence-corrected chi connectivity index (χ1v) is 5.88. The molecule has 1 saturated carbocycles. The van der Waals surface area contributed by atoms with Gasteiger partial charge in [0.1, 0.15) is 5.82 Å². The van der Waals surface area contributed by atoms with Crippen LogP contribution in [0.15, 0.2) is 18.2 Å². The largest absolute Gasteiger partial charge is 0.380 e. The molecule has 2 N–H and O–H groups in total. The van der Waals surface area contributed by atoms with E-state index in [-0.39, 0.29) is 11.7 Å². The molecule has 0 unspecified atom stereocenters. The average molecular weight is 236 g/mol. The highest BCUT2D eigenvalue weighted by atomic mass is 19.1. The SMILES string of the molecule is CC(=O)Nc1ccc(F)c(NC2CC(C)C2)c1. The van der Waals surface area contributed by atoms with Gasteiger partial charge >= 0.3 is 0 Å². The number of carbonyl (C=O) groups excluding carboxylic acids is 1. The standard InChI is InChI=1S/C13H17FN2O/c1-8-5-11(6-8)16-13-7-10(15-9(2)17)3-4-12(13)14/h3-4,7-8,11,16H,5-6H2,1-2H3,(H,15,17). The molecule has 0 aliphatic heterocycles. The monoisotopic (exact) mass is 236 g/mol. The molecule has 0 spiro atoms. The number of rotatable bonds is 3. The molecule has 0 atom stereocenters. The van der Waals surface area contributed by atoms with Gasteiger partial charge in [-0.15, -0.1) is 0 Å². The minimum Gasteiger partial charge on any atom is -0.380 e. The third-order valence-corrected chi connectivity index (χ3v) is 3.02. The molecule has 1 aromatic rings. The van der Waals surface area contributed by atoms with Gasteiger partial charge in [0.05, 0.1) is 5.69 Å². The Labute approximate surface area is 100 Å². The van der Waals surface area contributed by atoms with Crippen molar-refractivity contribution >= 4 is 17.3 Å². The van der Waals surface area contributed by atoms with Gasteiger partial charge in [-0.1, -0.05) is 6.92 Å². The number of anilines is 2. The van der Waals surface area contributed by atoms with E-state index in [4.69, 9.17) is 0 Å². The van der Waals surface area contributed by atoms with E-state index in [2.05, 4.69) is 17.6 Å². The summed E-state index contributed by atoms with van der Waals surface area (Å²) in [6.45, 7) is 3.62. The number of halogens is 1. The zero-order valence-electron chi connectivity index (χ0n) is 10.1. The minimum atomic E-state index is -0.279. The maximum atomic E-state index is 13.5. The van der Waals surface area contributed by atoms with E-state index in [1.165, 1.54) is 13.0 Å². The van der Waals surface area contributed by atoms with Crippen molar-refractivity contribution in [2.45, 2.75) is 32.7 Å². The van der Waals surface area contributed by atoms with Crippen LogP contribution in [0.5, 0.6) is 0 Å². The predicted molar refractivity (Wildman–Crippen MR) is 66.5 cm³/mol. The van der Waals surface area contributed by atoms with Crippen molar-refractivity contribution in [3.63, 3.8) is 0 Å². The first-order chi connectivity index (χ1) is 8.04. The van der Waals surface area contributed by atoms with Gasteiger partial charge in [0.25, 0.3) is 0 Å². The van der Waals surface area contributed by atoms with Gasteiger partial charge in [0.15, 0.2) is 0 Å². The third kappa shape index (κ3) is 2.96. The van der Waals surface area contributed by atoms with E-state index in [9.17, 15) is 9.18 Å². The summed E-state index contributed by atoms with van der Waals surface area (Å²) in [6, 6.07) is 4.92. The zero-order valence-corrected chi connectivity index (χ0v) is 10.1. The molecular formula is C13H17FN2O. The maximum absolute atomic E-state index is 13.5. The van der Waals surface area contributed by atoms with Crippen LogP contribution in [0.4, 0.5) is 15.8 Å². The molecule has 1 amide bonds. The molecule has 1 aromatic carbocycles. The number of carbonyl (C=O) groups is 1. The fourth-order valence-corrected chi connectivity index (χ4v) is 2.16. The van der Waals surface area contributed by atoms with Crippen molar-refractivity contribution in [1.29, 1.82) is 0 Å². The molecule has 2 rings (SSSR count). The molecule has 1 aliphatic rings. The fourth-order valence-electron chi connectivity index (χ4n) is 2.16. The fraction of sp³-hybridized carbons (Fsp3) is 0.462. The summed E-state index contributed by atoms with van der Waals surface area (Å²) in [7, 11) is 0. The van der Waals surface area contributed by atoms with E-state index in [1.807, 2.05) is 0 Å². The van der Waals surface area contributed by atoms with Crippen molar-refractivity contribution < 1.29 is 9.18 Å². The van der Waals surface area contributed by atoms with Crippen molar-refractivity contribution in [1.82, 2.24) is 0 Å². The number of benzene rings is 1. The summed E-state index contributed by atoms with van der Waals surface area (Å²) in [5, 5.41) is 5.81. The van der Waals surface area contributed by atoms with Gasteiger partial charge in [-0.3, -0.25) is 4.79 Å². The van der Waals surface area contributed by atoms with Crippen molar-refractivity contribution in [2.75, 3.05) is 10.6 Å². The Balaban J connectivity index is 2.06. The van der Waals surface area contributed by atoms with E-state index in [0.29, 0.717) is 23.3 Å². The molecule has 1 fully saturated rings. The molecule has 0 bridgehead atoms. The highest BCUT2D eigenvalue weighted by Gasteiger charge is 2.25. The smallest absolute Gasteiger partial charge is 0.221 e. The lowest BCUT2D eigenvalue weighted by molar-refractivity contribution is -0.114. The zero-order chi connectivity index (χ0) is 12.4. The summed E-state index contributed by atoms with van der Waals surface area (Å²) in [6.07, 6.45) is 2.15. The van der Waals surface area contributed by atoms with E-state index in [0.717, 1.165) is 12.8 Å². The van der Waals surface area contributed by atoms with Crippen LogP contribution in [-0.2, 0) is 4.79 Å². The normalized spacial score (nSPS) is 22.8. The maximum Gasteiger partial charge on any atom is 0.221 e. The summed E-state index contributed by atoms with van der Waals surface area (Å²) < 4.78 is 13.5. The van der Waals surface area contributed by atoms with E-state index in [1.54, 1.807) is 12.1 Å². The first-order valence-electron chi connectivity index (χ1n) is 5.88. The number of amides is 1. The molecule has 92 valence electrons. The van der Waals surface area contributed by atoms with Gasteiger partial charge in [-0.25, -0.2) is 4.39 Å².